The van der Waals surface area contributed by atoms with Gasteiger partial charge in [0.25, 0.3) is 0 Å². The van der Waals surface area contributed by atoms with Gasteiger partial charge in [0.1, 0.15) is 0 Å². The van der Waals surface area contributed by atoms with E-state index in [0.29, 0.717) is 22.4 Å². The Kier molecular flexibility index (Phi) is 5.53. The van der Waals surface area contributed by atoms with E-state index in [4.69, 9.17) is 28.9 Å². The van der Waals surface area contributed by atoms with Gasteiger partial charge < -0.3 is 10.6 Å². The van der Waals surface area contributed by atoms with Gasteiger partial charge in [0.2, 0.25) is 5.91 Å². The Morgan fingerprint density at radius 2 is 2.10 bits per heavy atom. The second-order valence-electron chi connectivity index (χ2n) is 6.10. The van der Waals surface area contributed by atoms with Crippen LogP contribution in [0.5, 0.6) is 0 Å². The van der Waals surface area contributed by atoms with Gasteiger partial charge >= 0.3 is 0 Å². The lowest BCUT2D eigenvalue weighted by atomic mass is 10.0. The zero-order chi connectivity index (χ0) is 15.6. The van der Waals surface area contributed by atoms with E-state index in [1.165, 1.54) is 0 Å². The fourth-order valence-electron chi connectivity index (χ4n) is 2.92. The van der Waals surface area contributed by atoms with Gasteiger partial charge in [0.15, 0.2) is 0 Å². The largest absolute Gasteiger partial charge is 0.334 e. The quantitative estimate of drug-likeness (QED) is 0.906. The van der Waals surface area contributed by atoms with Crippen LogP contribution >= 0.6 is 23.2 Å². The Bertz CT molecular complexity index is 519. The van der Waals surface area contributed by atoms with Gasteiger partial charge in [-0.3, -0.25) is 4.79 Å². The number of carbonyl (C=O) groups excluding carboxylic acids is 1. The molecule has 1 aliphatic rings. The lowest BCUT2D eigenvalue weighted by molar-refractivity contribution is -0.133. The van der Waals surface area contributed by atoms with Crippen LogP contribution in [0, 0.1) is 5.92 Å². The molecule has 116 valence electrons. The highest BCUT2D eigenvalue weighted by atomic mass is 35.5. The summed E-state index contributed by atoms with van der Waals surface area (Å²) in [5, 5.41) is 1.06. The van der Waals surface area contributed by atoms with Crippen LogP contribution in [0.2, 0.25) is 10.0 Å². The molecule has 1 amide bonds. The van der Waals surface area contributed by atoms with E-state index < -0.39 is 6.04 Å². The first-order chi connectivity index (χ1) is 9.90. The number of hydrogen-bond acceptors (Lipinski definition) is 2. The van der Waals surface area contributed by atoms with Crippen LogP contribution in [0.25, 0.3) is 0 Å². The number of benzene rings is 1. The van der Waals surface area contributed by atoms with E-state index in [9.17, 15) is 4.79 Å². The molecule has 0 aliphatic carbocycles. The second-order valence-corrected chi connectivity index (χ2v) is 6.91. The Hall–Kier alpha value is -0.770. The molecule has 2 atom stereocenters. The van der Waals surface area contributed by atoms with E-state index in [2.05, 4.69) is 13.8 Å². The summed E-state index contributed by atoms with van der Waals surface area (Å²) < 4.78 is 0. The highest BCUT2D eigenvalue weighted by Crippen LogP contribution is 2.35. The van der Waals surface area contributed by atoms with Gasteiger partial charge in [-0.2, -0.15) is 0 Å². The summed E-state index contributed by atoms with van der Waals surface area (Å²) >= 11 is 12.1. The Morgan fingerprint density at radius 3 is 2.71 bits per heavy atom. The fourth-order valence-corrected chi connectivity index (χ4v) is 3.22. The van der Waals surface area contributed by atoms with Crippen LogP contribution in [0.1, 0.15) is 44.7 Å². The van der Waals surface area contributed by atoms with Crippen LogP contribution in [0.15, 0.2) is 18.2 Å². The van der Waals surface area contributed by atoms with Gasteiger partial charge in [-0.25, -0.2) is 0 Å². The maximum absolute atomic E-state index is 12.6. The number of nitrogens with two attached hydrogens (primary N) is 1. The predicted octanol–water partition coefficient (Wildman–Crippen LogP) is 4.03. The number of hydrogen-bond donors (Lipinski definition) is 1. The molecule has 5 heteroatoms. The molecule has 0 spiro atoms. The summed E-state index contributed by atoms with van der Waals surface area (Å²) in [6.45, 7) is 4.91. The molecule has 1 aromatic rings. The zero-order valence-electron chi connectivity index (χ0n) is 12.5. The molecule has 1 aliphatic heterocycles. The predicted molar refractivity (Wildman–Crippen MR) is 87.6 cm³/mol. The SMILES string of the molecule is CC(C)CC(N)C(=O)N1CCCC1c1ccc(Cl)c(Cl)c1. The van der Waals surface area contributed by atoms with E-state index in [-0.39, 0.29) is 11.9 Å². The fraction of sp³-hybridized carbons (Fsp3) is 0.562. The number of halogens is 2. The lowest BCUT2D eigenvalue weighted by Gasteiger charge is -2.28. The summed E-state index contributed by atoms with van der Waals surface area (Å²) in [6, 6.07) is 5.22. The Morgan fingerprint density at radius 1 is 1.38 bits per heavy atom. The summed E-state index contributed by atoms with van der Waals surface area (Å²) in [5.74, 6) is 0.451. The van der Waals surface area contributed by atoms with Crippen molar-refractivity contribution in [3.63, 3.8) is 0 Å². The number of rotatable bonds is 4. The molecule has 0 radical (unpaired) electrons. The van der Waals surface area contributed by atoms with Gasteiger partial charge in [-0.1, -0.05) is 43.1 Å². The molecular formula is C16H22Cl2N2O. The minimum Gasteiger partial charge on any atom is -0.334 e. The second kappa shape index (κ2) is 6.99. The molecular weight excluding hydrogens is 307 g/mol. The molecule has 0 saturated carbocycles. The van der Waals surface area contributed by atoms with E-state index in [1.54, 1.807) is 6.07 Å². The average Bonchev–Trinajstić information content (AvgIpc) is 2.89. The molecule has 1 saturated heterocycles. The maximum Gasteiger partial charge on any atom is 0.240 e. The summed E-state index contributed by atoms with van der Waals surface area (Å²) in [6.07, 6.45) is 2.65. The van der Waals surface area contributed by atoms with Crippen LogP contribution in [0.4, 0.5) is 0 Å². The normalized spacial score (nSPS) is 20.1. The third-order valence-electron chi connectivity index (χ3n) is 3.91. The van der Waals surface area contributed by atoms with Crippen LogP contribution in [0.3, 0.4) is 0 Å². The first kappa shape index (κ1) is 16.6. The van der Waals surface area contributed by atoms with Crippen molar-refractivity contribution in [1.82, 2.24) is 4.90 Å². The van der Waals surface area contributed by atoms with Gasteiger partial charge in [-0.15, -0.1) is 0 Å². The highest BCUT2D eigenvalue weighted by molar-refractivity contribution is 6.42. The van der Waals surface area contributed by atoms with Crippen molar-refractivity contribution in [2.45, 2.75) is 45.2 Å². The average molecular weight is 329 g/mol. The van der Waals surface area contributed by atoms with Crippen molar-refractivity contribution in [1.29, 1.82) is 0 Å². The molecule has 0 aromatic heterocycles. The molecule has 2 unspecified atom stereocenters. The van der Waals surface area contributed by atoms with Crippen LogP contribution in [-0.4, -0.2) is 23.4 Å². The van der Waals surface area contributed by atoms with E-state index in [1.807, 2.05) is 17.0 Å². The Labute approximate surface area is 136 Å². The number of carbonyl (C=O) groups is 1. The third kappa shape index (κ3) is 3.91. The lowest BCUT2D eigenvalue weighted by Crippen LogP contribution is -2.44. The minimum atomic E-state index is -0.423. The van der Waals surface area contributed by atoms with Crippen molar-refractivity contribution in [2.75, 3.05) is 6.54 Å². The topological polar surface area (TPSA) is 46.3 Å². The number of amides is 1. The van der Waals surface area contributed by atoms with Crippen molar-refractivity contribution in [3.05, 3.63) is 33.8 Å². The van der Waals surface area contributed by atoms with E-state index >= 15 is 0 Å². The third-order valence-corrected chi connectivity index (χ3v) is 4.65. The smallest absolute Gasteiger partial charge is 0.240 e. The first-order valence-electron chi connectivity index (χ1n) is 7.41. The molecule has 3 nitrogen and oxygen atoms in total. The first-order valence-corrected chi connectivity index (χ1v) is 8.16. The standard InChI is InChI=1S/C16H22Cl2N2O/c1-10(2)8-14(19)16(21)20-7-3-4-15(20)11-5-6-12(17)13(18)9-11/h5-6,9-10,14-15H,3-4,7-8,19H2,1-2H3. The monoisotopic (exact) mass is 328 g/mol. The summed E-state index contributed by atoms with van der Waals surface area (Å²) in [7, 11) is 0. The molecule has 0 bridgehead atoms. The van der Waals surface area contributed by atoms with Crippen molar-refractivity contribution >= 4 is 29.1 Å². The molecule has 1 heterocycles. The van der Waals surface area contributed by atoms with Gasteiger partial charge in [-0.05, 0) is 42.9 Å². The minimum absolute atomic E-state index is 0.0391. The highest BCUT2D eigenvalue weighted by Gasteiger charge is 2.32. The molecule has 2 N–H and O–H groups in total. The van der Waals surface area contributed by atoms with Crippen LogP contribution in [-0.2, 0) is 4.79 Å². The van der Waals surface area contributed by atoms with Gasteiger partial charge in [0.05, 0.1) is 22.1 Å². The molecule has 21 heavy (non-hydrogen) atoms. The van der Waals surface area contributed by atoms with Crippen molar-refractivity contribution in [3.8, 4) is 0 Å². The van der Waals surface area contributed by atoms with Gasteiger partial charge in [0, 0.05) is 6.54 Å². The van der Waals surface area contributed by atoms with Crippen molar-refractivity contribution < 1.29 is 4.79 Å². The van der Waals surface area contributed by atoms with Crippen LogP contribution < -0.4 is 5.73 Å². The molecule has 2 rings (SSSR count). The van der Waals surface area contributed by atoms with Crippen molar-refractivity contribution in [2.24, 2.45) is 11.7 Å². The molecule has 1 aromatic carbocycles. The zero-order valence-corrected chi connectivity index (χ0v) is 14.0. The molecule has 1 fully saturated rings. The summed E-state index contributed by atoms with van der Waals surface area (Å²) in [4.78, 5) is 14.5. The maximum atomic E-state index is 12.6. The summed E-state index contributed by atoms with van der Waals surface area (Å²) in [5.41, 5.74) is 7.09. The van der Waals surface area contributed by atoms with E-state index in [0.717, 1.165) is 24.9 Å². The Balaban J connectivity index is 2.16. The number of likely N-dealkylation sites (tertiary alicyclic amines) is 1. The number of nitrogens with zero attached hydrogens (tertiary/aromatic N) is 1.